The number of nitrogens with one attached hydrogen (secondary N) is 1. The second-order valence-corrected chi connectivity index (χ2v) is 6.95. The molecule has 4 rings (SSSR count). The van der Waals surface area contributed by atoms with Gasteiger partial charge in [-0.15, -0.1) is 0 Å². The molecule has 3 heterocycles. The minimum absolute atomic E-state index is 0.294. The molecule has 0 saturated carbocycles. The zero-order chi connectivity index (χ0) is 18.1. The Balaban J connectivity index is 1.53. The van der Waals surface area contributed by atoms with E-state index in [1.807, 2.05) is 36.0 Å². The molecule has 1 aliphatic rings. The van der Waals surface area contributed by atoms with E-state index in [0.717, 1.165) is 41.8 Å². The molecule has 1 unspecified atom stereocenters. The third-order valence-electron chi connectivity index (χ3n) is 4.67. The number of fused-ring (bicyclic) bond motifs is 1. The predicted molar refractivity (Wildman–Crippen MR) is 103 cm³/mol. The van der Waals surface area contributed by atoms with Gasteiger partial charge in [-0.05, 0) is 31.0 Å². The molecule has 2 N–H and O–H groups in total. The van der Waals surface area contributed by atoms with Gasteiger partial charge in [-0.25, -0.2) is 4.98 Å². The SMILES string of the molecule is Cn1nc(CNc2nccc(N3CCCC(O)C3)n2)c2c(Cl)cccc21. The van der Waals surface area contributed by atoms with E-state index in [1.54, 1.807) is 6.20 Å². The van der Waals surface area contributed by atoms with E-state index in [2.05, 4.69) is 25.3 Å². The summed E-state index contributed by atoms with van der Waals surface area (Å²) in [6.07, 6.45) is 3.25. The van der Waals surface area contributed by atoms with Crippen molar-refractivity contribution in [1.82, 2.24) is 19.7 Å². The summed E-state index contributed by atoms with van der Waals surface area (Å²) in [7, 11) is 1.90. The fourth-order valence-electron chi connectivity index (χ4n) is 3.41. The van der Waals surface area contributed by atoms with Crippen molar-refractivity contribution in [3.05, 3.63) is 41.2 Å². The number of hydrogen-bond acceptors (Lipinski definition) is 6. The maximum Gasteiger partial charge on any atom is 0.224 e. The molecule has 7 nitrogen and oxygen atoms in total. The van der Waals surface area contributed by atoms with Crippen LogP contribution >= 0.6 is 11.6 Å². The summed E-state index contributed by atoms with van der Waals surface area (Å²) in [5, 5.41) is 19.3. The van der Waals surface area contributed by atoms with Gasteiger partial charge < -0.3 is 15.3 Å². The van der Waals surface area contributed by atoms with Gasteiger partial charge in [-0.2, -0.15) is 10.1 Å². The smallest absolute Gasteiger partial charge is 0.224 e. The summed E-state index contributed by atoms with van der Waals surface area (Å²) in [4.78, 5) is 11.0. The van der Waals surface area contributed by atoms with Crippen molar-refractivity contribution in [3.63, 3.8) is 0 Å². The van der Waals surface area contributed by atoms with E-state index in [4.69, 9.17) is 11.6 Å². The summed E-state index contributed by atoms with van der Waals surface area (Å²) >= 11 is 6.35. The number of aliphatic hydroxyl groups excluding tert-OH is 1. The fourth-order valence-corrected chi connectivity index (χ4v) is 3.69. The van der Waals surface area contributed by atoms with Crippen molar-refractivity contribution in [3.8, 4) is 0 Å². The molecule has 8 heteroatoms. The van der Waals surface area contributed by atoms with Gasteiger partial charge in [0.25, 0.3) is 0 Å². The topological polar surface area (TPSA) is 79.1 Å². The number of nitrogens with zero attached hydrogens (tertiary/aromatic N) is 5. The van der Waals surface area contributed by atoms with E-state index in [9.17, 15) is 5.11 Å². The summed E-state index contributed by atoms with van der Waals surface area (Å²) < 4.78 is 1.82. The first-order valence-electron chi connectivity index (χ1n) is 8.72. The average Bonchev–Trinajstić information content (AvgIpc) is 2.98. The molecule has 0 aliphatic carbocycles. The molecule has 0 amide bonds. The Morgan fingerprint density at radius 3 is 3.08 bits per heavy atom. The van der Waals surface area contributed by atoms with E-state index < -0.39 is 0 Å². The lowest BCUT2D eigenvalue weighted by Crippen LogP contribution is -2.38. The van der Waals surface area contributed by atoms with Crippen LogP contribution in [0.2, 0.25) is 5.02 Å². The van der Waals surface area contributed by atoms with Crippen LogP contribution in [0, 0.1) is 0 Å². The van der Waals surface area contributed by atoms with Crippen molar-refractivity contribution in [2.45, 2.75) is 25.5 Å². The van der Waals surface area contributed by atoms with Crippen LogP contribution in [0.4, 0.5) is 11.8 Å². The molecule has 26 heavy (non-hydrogen) atoms. The molecular formula is C18H21ClN6O. The van der Waals surface area contributed by atoms with Crippen LogP contribution in [0.5, 0.6) is 0 Å². The van der Waals surface area contributed by atoms with Crippen LogP contribution < -0.4 is 10.2 Å². The molecule has 0 radical (unpaired) electrons. The zero-order valence-electron chi connectivity index (χ0n) is 14.6. The number of halogens is 1. The van der Waals surface area contributed by atoms with E-state index in [0.29, 0.717) is 24.1 Å². The Kier molecular flexibility index (Phi) is 4.65. The van der Waals surface area contributed by atoms with Gasteiger partial charge in [-0.1, -0.05) is 17.7 Å². The van der Waals surface area contributed by atoms with Crippen LogP contribution in [-0.4, -0.2) is 44.0 Å². The summed E-state index contributed by atoms with van der Waals surface area (Å²) in [6.45, 7) is 1.98. The van der Waals surface area contributed by atoms with Crippen LogP contribution in [0.1, 0.15) is 18.5 Å². The second-order valence-electron chi connectivity index (χ2n) is 6.54. The van der Waals surface area contributed by atoms with Crippen molar-refractivity contribution >= 4 is 34.3 Å². The Morgan fingerprint density at radius 2 is 2.23 bits per heavy atom. The van der Waals surface area contributed by atoms with E-state index in [1.165, 1.54) is 0 Å². The number of piperidine rings is 1. The van der Waals surface area contributed by atoms with Crippen molar-refractivity contribution in [2.75, 3.05) is 23.3 Å². The van der Waals surface area contributed by atoms with Gasteiger partial charge in [0, 0.05) is 31.7 Å². The fraction of sp³-hybridized carbons (Fsp3) is 0.389. The highest BCUT2D eigenvalue weighted by atomic mass is 35.5. The summed E-state index contributed by atoms with van der Waals surface area (Å²) in [5.41, 5.74) is 1.85. The van der Waals surface area contributed by atoms with Crippen molar-refractivity contribution < 1.29 is 5.11 Å². The molecule has 1 fully saturated rings. The Labute approximate surface area is 156 Å². The first kappa shape index (κ1) is 17.1. The lowest BCUT2D eigenvalue weighted by Gasteiger charge is -2.31. The highest BCUT2D eigenvalue weighted by Gasteiger charge is 2.19. The van der Waals surface area contributed by atoms with Crippen LogP contribution in [0.15, 0.2) is 30.5 Å². The average molecular weight is 373 g/mol. The quantitative estimate of drug-likeness (QED) is 0.732. The van der Waals surface area contributed by atoms with Gasteiger partial charge in [0.2, 0.25) is 5.95 Å². The van der Waals surface area contributed by atoms with Crippen molar-refractivity contribution in [1.29, 1.82) is 0 Å². The first-order chi connectivity index (χ1) is 12.6. The highest BCUT2D eigenvalue weighted by Crippen LogP contribution is 2.27. The number of aliphatic hydroxyl groups is 1. The third kappa shape index (κ3) is 3.32. The maximum absolute atomic E-state index is 9.87. The van der Waals surface area contributed by atoms with E-state index >= 15 is 0 Å². The molecule has 1 aromatic carbocycles. The van der Waals surface area contributed by atoms with Gasteiger partial charge in [-0.3, -0.25) is 4.68 Å². The maximum atomic E-state index is 9.87. The minimum atomic E-state index is -0.294. The predicted octanol–water partition coefficient (Wildman–Crippen LogP) is 2.59. The minimum Gasteiger partial charge on any atom is -0.391 e. The third-order valence-corrected chi connectivity index (χ3v) is 4.99. The van der Waals surface area contributed by atoms with Crippen LogP contribution in [0.3, 0.4) is 0 Å². The van der Waals surface area contributed by atoms with Crippen molar-refractivity contribution in [2.24, 2.45) is 7.05 Å². The molecular weight excluding hydrogens is 352 g/mol. The summed E-state index contributed by atoms with van der Waals surface area (Å²) in [6, 6.07) is 7.66. The molecule has 3 aromatic rings. The lowest BCUT2D eigenvalue weighted by atomic mass is 10.1. The normalized spacial score (nSPS) is 17.7. The zero-order valence-corrected chi connectivity index (χ0v) is 15.3. The molecule has 0 bridgehead atoms. The summed E-state index contributed by atoms with van der Waals surface area (Å²) in [5.74, 6) is 1.36. The first-order valence-corrected chi connectivity index (χ1v) is 9.09. The Bertz CT molecular complexity index is 927. The monoisotopic (exact) mass is 372 g/mol. The van der Waals surface area contributed by atoms with Crippen LogP contribution in [-0.2, 0) is 13.6 Å². The molecule has 1 saturated heterocycles. The number of β-amino-alcohol motifs (C(OH)–C–C–N with tert-alkyl or cyclic N) is 1. The number of anilines is 2. The van der Waals surface area contributed by atoms with Crippen LogP contribution in [0.25, 0.3) is 10.9 Å². The van der Waals surface area contributed by atoms with E-state index in [-0.39, 0.29) is 6.10 Å². The Morgan fingerprint density at radius 1 is 1.35 bits per heavy atom. The standard InChI is InChI=1S/C18H21ClN6O/c1-24-15-6-2-5-13(19)17(15)14(23-24)10-21-18-20-8-7-16(22-18)25-9-3-4-12(26)11-25/h2,5-8,12,26H,3-4,9-11H2,1H3,(H,20,21,22). The largest absolute Gasteiger partial charge is 0.391 e. The number of benzene rings is 1. The van der Waals surface area contributed by atoms with Gasteiger partial charge in [0.15, 0.2) is 0 Å². The van der Waals surface area contributed by atoms with Gasteiger partial charge in [0.05, 0.1) is 28.9 Å². The number of rotatable bonds is 4. The number of aryl methyl sites for hydroxylation is 1. The highest BCUT2D eigenvalue weighted by molar-refractivity contribution is 6.35. The molecule has 2 aromatic heterocycles. The Hall–Kier alpha value is -2.38. The number of aromatic nitrogens is 4. The molecule has 1 aliphatic heterocycles. The molecule has 1 atom stereocenters. The number of hydrogen-bond donors (Lipinski definition) is 2. The lowest BCUT2D eigenvalue weighted by molar-refractivity contribution is 0.154. The molecule has 136 valence electrons. The second kappa shape index (κ2) is 7.09. The molecule has 0 spiro atoms. The van der Waals surface area contributed by atoms with Gasteiger partial charge in [0.1, 0.15) is 5.82 Å². The van der Waals surface area contributed by atoms with Gasteiger partial charge >= 0.3 is 0 Å².